The number of hydrogen-bond acceptors (Lipinski definition) is 4. The Hall–Kier alpha value is -1.10. The molecule has 0 aliphatic carbocycles. The van der Waals surface area contributed by atoms with Crippen molar-refractivity contribution in [1.29, 1.82) is 0 Å². The molecule has 1 N–H and O–H groups in total. The number of methoxy groups -OCH3 is 1. The Balaban J connectivity index is 2.58. The Morgan fingerprint density at radius 3 is 2.84 bits per heavy atom. The molecule has 0 bridgehead atoms. The van der Waals surface area contributed by atoms with Crippen molar-refractivity contribution in [3.05, 3.63) is 27.8 Å². The van der Waals surface area contributed by atoms with E-state index in [1.165, 1.54) is 6.92 Å². The van der Waals surface area contributed by atoms with Gasteiger partial charge in [0.1, 0.15) is 5.75 Å². The van der Waals surface area contributed by atoms with Gasteiger partial charge in [0.2, 0.25) is 0 Å². The van der Waals surface area contributed by atoms with Crippen molar-refractivity contribution >= 4 is 17.4 Å². The fourth-order valence-electron chi connectivity index (χ4n) is 2.36. The molecular weight excluding hydrogens is 266 g/mol. The molecule has 0 saturated carbocycles. The summed E-state index contributed by atoms with van der Waals surface area (Å²) in [7, 11) is 1.56. The minimum absolute atomic E-state index is 0.0660. The largest absolute Gasteiger partial charge is 0.496 e. The molecule has 1 aliphatic rings. The maximum Gasteiger partial charge on any atom is 0.163 e. The van der Waals surface area contributed by atoms with Crippen molar-refractivity contribution < 1.29 is 14.3 Å². The third kappa shape index (κ3) is 2.76. The number of morpholine rings is 1. The number of halogens is 1. The van der Waals surface area contributed by atoms with Crippen LogP contribution in [0.15, 0.2) is 6.07 Å². The van der Waals surface area contributed by atoms with Gasteiger partial charge in [-0.05, 0) is 25.5 Å². The van der Waals surface area contributed by atoms with Gasteiger partial charge in [-0.1, -0.05) is 11.6 Å². The van der Waals surface area contributed by atoms with Crippen LogP contribution in [0.3, 0.4) is 0 Å². The first-order valence-corrected chi connectivity index (χ1v) is 6.64. The monoisotopic (exact) mass is 283 g/mol. The quantitative estimate of drug-likeness (QED) is 0.866. The molecule has 1 aromatic carbocycles. The van der Waals surface area contributed by atoms with E-state index < -0.39 is 0 Å². The number of ether oxygens (including phenoxy) is 2. The van der Waals surface area contributed by atoms with E-state index in [9.17, 15) is 4.79 Å². The maximum absolute atomic E-state index is 11.7. The van der Waals surface area contributed by atoms with Crippen molar-refractivity contribution in [2.75, 3.05) is 26.8 Å². The van der Waals surface area contributed by atoms with Crippen LogP contribution in [0.2, 0.25) is 5.02 Å². The van der Waals surface area contributed by atoms with Crippen LogP contribution >= 0.6 is 11.6 Å². The van der Waals surface area contributed by atoms with E-state index in [1.54, 1.807) is 13.2 Å². The summed E-state index contributed by atoms with van der Waals surface area (Å²) in [6.45, 7) is 5.58. The second kappa shape index (κ2) is 5.90. The van der Waals surface area contributed by atoms with Gasteiger partial charge >= 0.3 is 0 Å². The molecule has 0 radical (unpaired) electrons. The predicted octanol–water partition coefficient (Wildman–Crippen LogP) is 2.52. The zero-order valence-corrected chi connectivity index (χ0v) is 12.1. The van der Waals surface area contributed by atoms with Gasteiger partial charge in [-0.25, -0.2) is 0 Å². The average molecular weight is 284 g/mol. The summed E-state index contributed by atoms with van der Waals surface area (Å²) < 4.78 is 11.2. The van der Waals surface area contributed by atoms with E-state index in [1.807, 2.05) is 6.92 Å². The molecule has 5 heteroatoms. The first kappa shape index (κ1) is 14.3. The lowest BCUT2D eigenvalue weighted by atomic mass is 9.96. The standard InChI is InChI=1S/C14H18ClNO3/c1-8-11(15)6-10(9(2)17)14(18-3)13(8)12-7-16-4-5-19-12/h6,12,16H,4-5,7H2,1-3H3. The normalized spacial score (nSPS) is 19.3. The molecule has 4 nitrogen and oxygen atoms in total. The Morgan fingerprint density at radius 1 is 1.58 bits per heavy atom. The predicted molar refractivity (Wildman–Crippen MR) is 74.3 cm³/mol. The fourth-order valence-corrected chi connectivity index (χ4v) is 2.58. The van der Waals surface area contributed by atoms with Crippen molar-refractivity contribution in [2.45, 2.75) is 20.0 Å². The third-order valence-corrected chi connectivity index (χ3v) is 3.75. The van der Waals surface area contributed by atoms with Crippen LogP contribution in [0.5, 0.6) is 5.75 Å². The summed E-state index contributed by atoms with van der Waals surface area (Å²) in [6.07, 6.45) is -0.138. The molecule has 19 heavy (non-hydrogen) atoms. The van der Waals surface area contributed by atoms with E-state index in [-0.39, 0.29) is 11.9 Å². The summed E-state index contributed by atoms with van der Waals surface area (Å²) in [5.41, 5.74) is 2.27. The topological polar surface area (TPSA) is 47.6 Å². The third-order valence-electron chi connectivity index (χ3n) is 3.36. The van der Waals surface area contributed by atoms with Crippen LogP contribution in [0, 0.1) is 6.92 Å². The molecule has 1 aliphatic heterocycles. The summed E-state index contributed by atoms with van der Waals surface area (Å²) in [6, 6.07) is 1.66. The van der Waals surface area contributed by atoms with Gasteiger partial charge in [0, 0.05) is 23.7 Å². The van der Waals surface area contributed by atoms with Crippen molar-refractivity contribution in [3.8, 4) is 5.75 Å². The first-order chi connectivity index (χ1) is 9.06. The van der Waals surface area contributed by atoms with Gasteiger partial charge in [-0.3, -0.25) is 4.79 Å². The number of carbonyl (C=O) groups excluding carboxylic acids is 1. The highest BCUT2D eigenvalue weighted by atomic mass is 35.5. The number of hydrogen-bond donors (Lipinski definition) is 1. The zero-order chi connectivity index (χ0) is 14.0. The lowest BCUT2D eigenvalue weighted by Gasteiger charge is -2.28. The molecule has 1 saturated heterocycles. The molecule has 2 rings (SSSR count). The van der Waals surface area contributed by atoms with Crippen LogP contribution in [0.1, 0.15) is 34.5 Å². The SMILES string of the molecule is COc1c(C(C)=O)cc(Cl)c(C)c1C1CNCCO1. The Bertz CT molecular complexity index is 496. The number of Topliss-reactive ketones (excluding diaryl/α,β-unsaturated/α-hetero) is 1. The Labute approximate surface area is 118 Å². The molecule has 0 spiro atoms. The van der Waals surface area contributed by atoms with E-state index in [0.29, 0.717) is 29.5 Å². The Kier molecular flexibility index (Phi) is 4.45. The summed E-state index contributed by atoms with van der Waals surface area (Å²) in [4.78, 5) is 11.7. The molecular formula is C14H18ClNO3. The highest BCUT2D eigenvalue weighted by Gasteiger charge is 2.26. The molecule has 1 fully saturated rings. The number of nitrogens with one attached hydrogen (secondary N) is 1. The highest BCUT2D eigenvalue weighted by Crippen LogP contribution is 2.38. The van der Waals surface area contributed by atoms with Crippen molar-refractivity contribution in [2.24, 2.45) is 0 Å². The van der Waals surface area contributed by atoms with E-state index in [4.69, 9.17) is 21.1 Å². The first-order valence-electron chi connectivity index (χ1n) is 6.26. The van der Waals surface area contributed by atoms with E-state index in [2.05, 4.69) is 5.32 Å². The van der Waals surface area contributed by atoms with Crippen molar-refractivity contribution in [1.82, 2.24) is 5.32 Å². The van der Waals surface area contributed by atoms with Crippen LogP contribution in [0.4, 0.5) is 0 Å². The van der Waals surface area contributed by atoms with Gasteiger partial charge in [0.15, 0.2) is 5.78 Å². The highest BCUT2D eigenvalue weighted by molar-refractivity contribution is 6.32. The van der Waals surface area contributed by atoms with Gasteiger partial charge in [0.05, 0.1) is 25.4 Å². The molecule has 0 amide bonds. The van der Waals surface area contributed by atoms with E-state index >= 15 is 0 Å². The second-order valence-electron chi connectivity index (χ2n) is 4.60. The number of benzene rings is 1. The van der Waals surface area contributed by atoms with Gasteiger partial charge in [0.25, 0.3) is 0 Å². The Morgan fingerprint density at radius 2 is 2.32 bits per heavy atom. The molecule has 1 atom stereocenters. The molecule has 1 aromatic rings. The number of rotatable bonds is 3. The van der Waals surface area contributed by atoms with Crippen LogP contribution < -0.4 is 10.1 Å². The maximum atomic E-state index is 11.7. The molecule has 0 aromatic heterocycles. The summed E-state index contributed by atoms with van der Waals surface area (Å²) in [5, 5.41) is 3.84. The van der Waals surface area contributed by atoms with Crippen LogP contribution in [-0.4, -0.2) is 32.6 Å². The lowest BCUT2D eigenvalue weighted by molar-refractivity contribution is 0.0258. The molecule has 1 heterocycles. The summed E-state index contributed by atoms with van der Waals surface area (Å²) in [5.74, 6) is 0.506. The van der Waals surface area contributed by atoms with Gasteiger partial charge < -0.3 is 14.8 Å². The molecule has 104 valence electrons. The van der Waals surface area contributed by atoms with Gasteiger partial charge in [-0.2, -0.15) is 0 Å². The smallest absolute Gasteiger partial charge is 0.163 e. The number of ketones is 1. The molecule has 1 unspecified atom stereocenters. The van der Waals surface area contributed by atoms with Crippen LogP contribution in [-0.2, 0) is 4.74 Å². The summed E-state index contributed by atoms with van der Waals surface area (Å²) >= 11 is 6.23. The van der Waals surface area contributed by atoms with Crippen LogP contribution in [0.25, 0.3) is 0 Å². The fraction of sp³-hybridized carbons (Fsp3) is 0.500. The number of carbonyl (C=O) groups is 1. The minimum atomic E-state index is -0.138. The average Bonchev–Trinajstić information content (AvgIpc) is 2.41. The van der Waals surface area contributed by atoms with Gasteiger partial charge in [-0.15, -0.1) is 0 Å². The van der Waals surface area contributed by atoms with E-state index in [0.717, 1.165) is 17.7 Å². The zero-order valence-electron chi connectivity index (χ0n) is 11.4. The lowest BCUT2D eigenvalue weighted by Crippen LogP contribution is -2.34. The minimum Gasteiger partial charge on any atom is -0.496 e. The van der Waals surface area contributed by atoms with Crippen molar-refractivity contribution in [3.63, 3.8) is 0 Å². The second-order valence-corrected chi connectivity index (χ2v) is 5.00.